The van der Waals surface area contributed by atoms with Crippen molar-refractivity contribution in [3.63, 3.8) is 0 Å². The summed E-state index contributed by atoms with van der Waals surface area (Å²) in [7, 11) is 1.89. The highest BCUT2D eigenvalue weighted by Crippen LogP contribution is 2.37. The molecule has 0 aromatic carbocycles. The molecule has 5 nitrogen and oxygen atoms in total. The standard InChI is InChI=1S/C14H20N4OS2/c1-8-9-10(15)11(21-13(9)17(4)16-8)12(19)18-5-6-20-14(2,3)7-18/h5-7,15H2,1-4H3. The highest BCUT2D eigenvalue weighted by atomic mass is 32.2. The molecule has 0 spiro atoms. The van der Waals surface area contributed by atoms with Crippen LogP contribution in [0, 0.1) is 6.92 Å². The zero-order valence-corrected chi connectivity index (χ0v) is 14.4. The SMILES string of the molecule is Cc1nn(C)c2sc(C(=O)N3CCSC(C)(C)C3)c(N)c12. The predicted octanol–water partition coefficient (Wildman–Crippen LogP) is 2.49. The van der Waals surface area contributed by atoms with Gasteiger partial charge in [0.15, 0.2) is 0 Å². The number of thioether (sulfide) groups is 1. The van der Waals surface area contributed by atoms with Gasteiger partial charge in [0.05, 0.1) is 16.8 Å². The zero-order chi connectivity index (χ0) is 15.4. The Hall–Kier alpha value is -1.21. The smallest absolute Gasteiger partial charge is 0.266 e. The van der Waals surface area contributed by atoms with E-state index in [1.807, 2.05) is 30.6 Å². The predicted molar refractivity (Wildman–Crippen MR) is 90.2 cm³/mol. The van der Waals surface area contributed by atoms with Crippen molar-refractivity contribution in [2.75, 3.05) is 24.6 Å². The minimum absolute atomic E-state index is 0.0569. The van der Waals surface area contributed by atoms with Gasteiger partial charge in [0, 0.05) is 30.6 Å². The van der Waals surface area contributed by atoms with E-state index >= 15 is 0 Å². The topological polar surface area (TPSA) is 64.2 Å². The van der Waals surface area contributed by atoms with Gasteiger partial charge in [-0.1, -0.05) is 0 Å². The molecule has 1 aliphatic heterocycles. The van der Waals surface area contributed by atoms with Gasteiger partial charge in [-0.25, -0.2) is 0 Å². The molecule has 0 unspecified atom stereocenters. The first kappa shape index (κ1) is 14.7. The molecule has 7 heteroatoms. The maximum Gasteiger partial charge on any atom is 0.266 e. The van der Waals surface area contributed by atoms with Crippen LogP contribution in [0.2, 0.25) is 0 Å². The van der Waals surface area contributed by atoms with E-state index in [4.69, 9.17) is 5.73 Å². The summed E-state index contributed by atoms with van der Waals surface area (Å²) in [6.07, 6.45) is 0. The number of hydrogen-bond acceptors (Lipinski definition) is 5. The number of fused-ring (bicyclic) bond motifs is 1. The van der Waals surface area contributed by atoms with Gasteiger partial charge < -0.3 is 10.6 Å². The molecule has 2 N–H and O–H groups in total. The lowest BCUT2D eigenvalue weighted by molar-refractivity contribution is 0.0754. The molecule has 0 radical (unpaired) electrons. The van der Waals surface area contributed by atoms with Crippen LogP contribution in [-0.2, 0) is 7.05 Å². The number of nitrogen functional groups attached to an aromatic ring is 1. The summed E-state index contributed by atoms with van der Waals surface area (Å²) in [6.45, 7) is 7.85. The number of hydrogen-bond donors (Lipinski definition) is 1. The Balaban J connectivity index is 1.98. The van der Waals surface area contributed by atoms with E-state index in [2.05, 4.69) is 18.9 Å². The summed E-state index contributed by atoms with van der Waals surface area (Å²) in [5.74, 6) is 1.03. The lowest BCUT2D eigenvalue weighted by Crippen LogP contribution is -2.46. The van der Waals surface area contributed by atoms with Gasteiger partial charge in [-0.05, 0) is 20.8 Å². The number of nitrogens with zero attached hydrogens (tertiary/aromatic N) is 3. The van der Waals surface area contributed by atoms with Crippen molar-refractivity contribution in [2.45, 2.75) is 25.5 Å². The molecular weight excluding hydrogens is 304 g/mol. The van der Waals surface area contributed by atoms with Crippen molar-refractivity contribution >= 4 is 44.9 Å². The Morgan fingerprint density at radius 1 is 1.43 bits per heavy atom. The van der Waals surface area contributed by atoms with E-state index in [0.717, 1.165) is 34.8 Å². The Morgan fingerprint density at radius 3 is 2.76 bits per heavy atom. The number of carbonyl (C=O) groups is 1. The number of carbonyl (C=O) groups excluding carboxylic acids is 1. The molecule has 1 aliphatic rings. The van der Waals surface area contributed by atoms with E-state index in [1.54, 1.807) is 4.68 Å². The maximum absolute atomic E-state index is 12.8. The molecule has 3 heterocycles. The average Bonchev–Trinajstić information content (AvgIpc) is 2.87. The third-order valence-electron chi connectivity index (χ3n) is 3.79. The largest absolute Gasteiger partial charge is 0.397 e. The minimum atomic E-state index is 0.0569. The van der Waals surface area contributed by atoms with Crippen molar-refractivity contribution in [3.8, 4) is 0 Å². The molecule has 1 amide bonds. The van der Waals surface area contributed by atoms with Gasteiger partial charge in [-0.3, -0.25) is 9.48 Å². The number of amides is 1. The first-order valence-corrected chi connectivity index (χ1v) is 8.75. The summed E-state index contributed by atoms with van der Waals surface area (Å²) in [4.78, 5) is 16.4. The highest BCUT2D eigenvalue weighted by Gasteiger charge is 2.32. The fraction of sp³-hybridized carbons (Fsp3) is 0.571. The second-order valence-electron chi connectivity index (χ2n) is 6.07. The fourth-order valence-electron chi connectivity index (χ4n) is 2.82. The van der Waals surface area contributed by atoms with Crippen LogP contribution in [0.4, 0.5) is 5.69 Å². The van der Waals surface area contributed by atoms with E-state index in [1.165, 1.54) is 11.3 Å². The molecule has 0 saturated carbocycles. The fourth-order valence-corrected chi connectivity index (χ4v) is 5.09. The van der Waals surface area contributed by atoms with Crippen molar-refractivity contribution < 1.29 is 4.79 Å². The van der Waals surface area contributed by atoms with Gasteiger partial charge in [-0.15, -0.1) is 11.3 Å². The first-order valence-electron chi connectivity index (χ1n) is 6.95. The van der Waals surface area contributed by atoms with Crippen LogP contribution in [-0.4, -0.2) is 44.2 Å². The number of aryl methyl sites for hydroxylation is 2. The number of nitrogens with two attached hydrogens (primary N) is 1. The van der Waals surface area contributed by atoms with Crippen LogP contribution in [0.25, 0.3) is 10.2 Å². The van der Waals surface area contributed by atoms with E-state index < -0.39 is 0 Å². The first-order chi connectivity index (χ1) is 9.80. The van der Waals surface area contributed by atoms with Gasteiger partial charge >= 0.3 is 0 Å². The second kappa shape index (κ2) is 4.91. The maximum atomic E-state index is 12.8. The summed E-state index contributed by atoms with van der Waals surface area (Å²) < 4.78 is 1.91. The molecule has 3 rings (SSSR count). The van der Waals surface area contributed by atoms with Gasteiger partial charge in [-0.2, -0.15) is 16.9 Å². The quantitative estimate of drug-likeness (QED) is 0.875. The van der Waals surface area contributed by atoms with E-state index in [-0.39, 0.29) is 10.7 Å². The van der Waals surface area contributed by atoms with Crippen LogP contribution >= 0.6 is 23.1 Å². The van der Waals surface area contributed by atoms with E-state index in [9.17, 15) is 4.79 Å². The molecule has 0 bridgehead atoms. The number of aromatic nitrogens is 2. The van der Waals surface area contributed by atoms with E-state index in [0.29, 0.717) is 10.6 Å². The average molecular weight is 324 g/mol. The van der Waals surface area contributed by atoms with Crippen molar-refractivity contribution in [1.82, 2.24) is 14.7 Å². The summed E-state index contributed by atoms with van der Waals surface area (Å²) >= 11 is 3.37. The number of rotatable bonds is 1. The molecule has 1 fully saturated rings. The lowest BCUT2D eigenvalue weighted by atomic mass is 10.1. The molecule has 21 heavy (non-hydrogen) atoms. The van der Waals surface area contributed by atoms with Crippen LogP contribution in [0.5, 0.6) is 0 Å². The normalized spacial score (nSPS) is 18.4. The minimum Gasteiger partial charge on any atom is -0.397 e. The monoisotopic (exact) mass is 324 g/mol. The molecule has 2 aromatic heterocycles. The molecule has 1 saturated heterocycles. The summed E-state index contributed by atoms with van der Waals surface area (Å²) in [5, 5.41) is 5.29. The Kier molecular flexibility index (Phi) is 3.44. The number of anilines is 1. The second-order valence-corrected chi connectivity index (χ2v) is 8.87. The molecule has 0 atom stereocenters. The Morgan fingerprint density at radius 2 is 2.14 bits per heavy atom. The van der Waals surface area contributed by atoms with Crippen LogP contribution in [0.1, 0.15) is 29.2 Å². The molecule has 0 aliphatic carbocycles. The summed E-state index contributed by atoms with van der Waals surface area (Å²) in [5.41, 5.74) is 7.70. The van der Waals surface area contributed by atoms with Crippen LogP contribution in [0.15, 0.2) is 0 Å². The van der Waals surface area contributed by atoms with Gasteiger partial charge in [0.25, 0.3) is 5.91 Å². The highest BCUT2D eigenvalue weighted by molar-refractivity contribution is 8.00. The van der Waals surface area contributed by atoms with Crippen molar-refractivity contribution in [2.24, 2.45) is 7.05 Å². The van der Waals surface area contributed by atoms with Crippen molar-refractivity contribution in [3.05, 3.63) is 10.6 Å². The number of thiophene rings is 1. The molecular formula is C14H20N4OS2. The Labute approximate surface area is 132 Å². The van der Waals surface area contributed by atoms with Gasteiger partial charge in [0.1, 0.15) is 9.71 Å². The van der Waals surface area contributed by atoms with Gasteiger partial charge in [0.2, 0.25) is 0 Å². The Bertz CT molecular complexity index is 716. The third kappa shape index (κ3) is 2.42. The lowest BCUT2D eigenvalue weighted by Gasteiger charge is -2.37. The van der Waals surface area contributed by atoms with Crippen LogP contribution in [0.3, 0.4) is 0 Å². The van der Waals surface area contributed by atoms with Crippen LogP contribution < -0.4 is 5.73 Å². The third-order valence-corrected chi connectivity index (χ3v) is 6.35. The molecule has 2 aromatic rings. The summed E-state index contributed by atoms with van der Waals surface area (Å²) in [6, 6.07) is 0. The van der Waals surface area contributed by atoms with Crippen molar-refractivity contribution in [1.29, 1.82) is 0 Å². The zero-order valence-electron chi connectivity index (χ0n) is 12.8. The molecule has 114 valence electrons.